The number of imidazole rings is 2. The summed E-state index contributed by atoms with van der Waals surface area (Å²) in [6, 6.07) is 5.52. The van der Waals surface area contributed by atoms with Gasteiger partial charge in [-0.15, -0.1) is 15.0 Å². The maximum absolute atomic E-state index is 9.56. The molecule has 3 aliphatic rings. The molecule has 39 heavy (non-hydrogen) atoms. The van der Waals surface area contributed by atoms with Crippen molar-refractivity contribution in [2.75, 3.05) is 4.90 Å². The van der Waals surface area contributed by atoms with Crippen molar-refractivity contribution in [2.24, 2.45) is 15.0 Å². The van der Waals surface area contributed by atoms with E-state index < -0.39 is 12.3 Å². The molecule has 0 saturated heterocycles. The summed E-state index contributed by atoms with van der Waals surface area (Å²) in [6.45, 7) is 22.1. The Morgan fingerprint density at radius 2 is 1.33 bits per heavy atom. The highest BCUT2D eigenvalue weighted by atomic mass is 15.6. The number of aliphatic imine (C=N–C) groups is 3. The van der Waals surface area contributed by atoms with Gasteiger partial charge in [0.2, 0.25) is 23.5 Å². The lowest BCUT2D eigenvalue weighted by molar-refractivity contribution is 0.583. The van der Waals surface area contributed by atoms with Gasteiger partial charge < -0.3 is 14.5 Å². The first-order chi connectivity index (χ1) is 19.0. The summed E-state index contributed by atoms with van der Waals surface area (Å²) in [5.74, 6) is -0.352. The summed E-state index contributed by atoms with van der Waals surface area (Å²) in [6.07, 6.45) is -1.91. The molecule has 2 atom stereocenters. The van der Waals surface area contributed by atoms with Crippen LogP contribution in [-0.4, -0.2) is 68.9 Å². The Balaban J connectivity index is 1.62. The summed E-state index contributed by atoms with van der Waals surface area (Å²) in [5, 5.41) is 28.5. The van der Waals surface area contributed by atoms with Crippen LogP contribution in [0.25, 0.3) is 43.1 Å². The number of rotatable bonds is 0. The molecule has 3 aliphatic heterocycles. The standard InChI is InChI=1S/C21H2N18/c1-25-10-9(6-24)30-17-14(31-10)35-20-38(17)19-34-13-16(29-8(5-23)7(4-22)28-13)37(19)21-36-15-18(39(20)21)33-12(27-3)11(26-2)32-15/h14,17H. The van der Waals surface area contributed by atoms with Crippen LogP contribution in [0.3, 0.4) is 0 Å². The van der Waals surface area contributed by atoms with Crippen molar-refractivity contribution >= 4 is 57.7 Å². The average Bonchev–Trinajstić information content (AvgIpc) is 3.64. The first-order valence-electron chi connectivity index (χ1n) is 10.5. The molecule has 0 bridgehead atoms. The van der Waals surface area contributed by atoms with Gasteiger partial charge in [-0.05, 0) is 0 Å². The normalized spacial score (nSPS) is 18.0. The van der Waals surface area contributed by atoms with Crippen molar-refractivity contribution in [3.63, 3.8) is 0 Å². The molecule has 0 aromatic carbocycles. The van der Waals surface area contributed by atoms with Crippen LogP contribution in [0.2, 0.25) is 0 Å². The van der Waals surface area contributed by atoms with E-state index in [1.165, 1.54) is 14.0 Å². The number of hydrogen-bond donors (Lipinski definition) is 0. The molecule has 7 rings (SSSR count). The second-order valence-electron chi connectivity index (χ2n) is 7.81. The molecule has 0 aliphatic carbocycles. The van der Waals surface area contributed by atoms with E-state index in [0.29, 0.717) is 0 Å². The van der Waals surface area contributed by atoms with Crippen LogP contribution < -0.4 is 4.90 Å². The average molecular weight is 506 g/mol. The fourth-order valence-electron chi connectivity index (χ4n) is 4.36. The Kier molecular flexibility index (Phi) is 3.90. The topological polar surface area (TPSA) is 212 Å². The molecule has 0 saturated carbocycles. The second kappa shape index (κ2) is 7.19. The molecule has 4 aromatic heterocycles. The Morgan fingerprint density at radius 1 is 0.667 bits per heavy atom. The first kappa shape index (κ1) is 21.2. The number of nitrogens with zero attached hydrogens (tertiary/aromatic N) is 18. The minimum absolute atomic E-state index is 0.000821. The zero-order valence-electron chi connectivity index (χ0n) is 18.7. The minimum Gasteiger partial charge on any atom is -0.370 e. The maximum Gasteiger partial charge on any atom is 0.317 e. The minimum atomic E-state index is -0.959. The molecule has 176 valence electrons. The van der Waals surface area contributed by atoms with E-state index in [2.05, 4.69) is 59.4 Å². The molecule has 4 aromatic rings. The van der Waals surface area contributed by atoms with Gasteiger partial charge in [0.25, 0.3) is 17.8 Å². The molecule has 0 N–H and O–H groups in total. The van der Waals surface area contributed by atoms with Gasteiger partial charge in [-0.25, -0.2) is 19.1 Å². The molecule has 0 fully saturated rings. The molecule has 7 heterocycles. The molecule has 0 radical (unpaired) electrons. The van der Waals surface area contributed by atoms with E-state index in [-0.39, 0.29) is 75.0 Å². The summed E-state index contributed by atoms with van der Waals surface area (Å²) < 4.78 is 2.84. The van der Waals surface area contributed by atoms with Gasteiger partial charge in [0.05, 0.1) is 0 Å². The summed E-state index contributed by atoms with van der Waals surface area (Å²) >= 11 is 0. The SMILES string of the molecule is [C-]#[N+]C1=NC2N=C3N(c4nc5nc(C#N)c(C#N)nc5n4-c4nc5nc([N+]#[C-])c([N+]#[C-])nc5n43)C2N=C1C#N. The van der Waals surface area contributed by atoms with Crippen LogP contribution in [0.15, 0.2) is 15.0 Å². The van der Waals surface area contributed by atoms with Gasteiger partial charge in [0, 0.05) is 0 Å². The van der Waals surface area contributed by atoms with Crippen LogP contribution in [0, 0.1) is 53.7 Å². The highest BCUT2D eigenvalue weighted by molar-refractivity contribution is 6.51. The molecular formula is C21H2N18. The van der Waals surface area contributed by atoms with Crippen LogP contribution in [-0.2, 0) is 0 Å². The number of aromatic nitrogens is 8. The van der Waals surface area contributed by atoms with E-state index in [9.17, 15) is 15.8 Å². The number of hydrogen-bond acceptors (Lipinski definition) is 13. The molecule has 0 spiro atoms. The zero-order chi connectivity index (χ0) is 27.0. The van der Waals surface area contributed by atoms with Crippen molar-refractivity contribution in [3.8, 4) is 24.2 Å². The van der Waals surface area contributed by atoms with E-state index in [4.69, 9.17) is 19.7 Å². The van der Waals surface area contributed by atoms with Crippen molar-refractivity contribution in [1.82, 2.24) is 39.0 Å². The van der Waals surface area contributed by atoms with Gasteiger partial charge in [-0.3, -0.25) is 9.89 Å². The fourth-order valence-corrected chi connectivity index (χ4v) is 4.36. The number of fused-ring (bicyclic) bond motifs is 12. The lowest BCUT2D eigenvalue weighted by Crippen LogP contribution is -2.47. The molecule has 18 heteroatoms. The van der Waals surface area contributed by atoms with E-state index in [0.717, 1.165) is 0 Å². The number of anilines is 1. The van der Waals surface area contributed by atoms with Gasteiger partial charge in [0.15, 0.2) is 28.9 Å². The highest BCUT2D eigenvalue weighted by Gasteiger charge is 2.50. The molecule has 0 amide bonds. The Morgan fingerprint density at radius 3 is 2.03 bits per heavy atom. The fraction of sp³-hybridized carbons (Fsp3) is 0.0952. The van der Waals surface area contributed by atoms with Gasteiger partial charge in [-0.1, -0.05) is 19.7 Å². The lowest BCUT2D eigenvalue weighted by atomic mass is 10.2. The first-order valence-corrected chi connectivity index (χ1v) is 10.5. The monoisotopic (exact) mass is 506 g/mol. The van der Waals surface area contributed by atoms with E-state index in [1.807, 2.05) is 18.2 Å². The quantitative estimate of drug-likeness (QED) is 0.306. The Hall–Kier alpha value is -7.15. The molecule has 2 unspecified atom stereocenters. The largest absolute Gasteiger partial charge is 0.370 e. The summed E-state index contributed by atoms with van der Waals surface area (Å²) in [7, 11) is 0. The van der Waals surface area contributed by atoms with Crippen LogP contribution in [0.1, 0.15) is 11.4 Å². The Labute approximate surface area is 214 Å². The molecular weight excluding hydrogens is 504 g/mol. The Bertz CT molecular complexity index is 2220. The van der Waals surface area contributed by atoms with Crippen molar-refractivity contribution in [1.29, 1.82) is 15.8 Å². The predicted octanol–water partition coefficient (Wildman–Crippen LogP) is 0.786. The van der Waals surface area contributed by atoms with Crippen LogP contribution in [0.4, 0.5) is 17.6 Å². The van der Waals surface area contributed by atoms with Gasteiger partial charge in [0.1, 0.15) is 18.2 Å². The smallest absolute Gasteiger partial charge is 0.317 e. The van der Waals surface area contributed by atoms with Crippen molar-refractivity contribution < 1.29 is 0 Å². The lowest BCUT2D eigenvalue weighted by Gasteiger charge is -2.29. The number of amidine groups is 1. The van der Waals surface area contributed by atoms with Gasteiger partial charge >= 0.3 is 17.1 Å². The van der Waals surface area contributed by atoms with E-state index in [1.54, 1.807) is 0 Å². The van der Waals surface area contributed by atoms with E-state index >= 15 is 0 Å². The third kappa shape index (κ3) is 2.52. The van der Waals surface area contributed by atoms with Crippen LogP contribution >= 0.6 is 0 Å². The van der Waals surface area contributed by atoms with Gasteiger partial charge in [-0.2, -0.15) is 30.7 Å². The summed E-state index contributed by atoms with van der Waals surface area (Å²) in [4.78, 5) is 50.6. The highest BCUT2D eigenvalue weighted by Crippen LogP contribution is 2.39. The third-order valence-electron chi connectivity index (χ3n) is 5.89. The predicted molar refractivity (Wildman–Crippen MR) is 127 cm³/mol. The zero-order valence-corrected chi connectivity index (χ0v) is 18.7. The van der Waals surface area contributed by atoms with Crippen LogP contribution in [0.5, 0.6) is 0 Å². The molecule has 18 nitrogen and oxygen atoms in total. The van der Waals surface area contributed by atoms with Crippen molar-refractivity contribution in [2.45, 2.75) is 12.3 Å². The maximum atomic E-state index is 9.56. The summed E-state index contributed by atoms with van der Waals surface area (Å²) in [5.41, 5.74) is -0.547. The number of nitriles is 3. The third-order valence-corrected chi connectivity index (χ3v) is 5.89. The van der Waals surface area contributed by atoms with Crippen molar-refractivity contribution in [3.05, 3.63) is 45.6 Å². The second-order valence-corrected chi connectivity index (χ2v) is 7.81.